The van der Waals surface area contributed by atoms with Crippen LogP contribution in [0, 0.1) is 6.92 Å². The minimum Gasteiger partial charge on any atom is -0.334 e. The molecule has 0 aliphatic heterocycles. The molecule has 0 spiro atoms. The third-order valence-corrected chi connectivity index (χ3v) is 3.02. The number of nitrogens with two attached hydrogens (primary N) is 1. The van der Waals surface area contributed by atoms with Crippen LogP contribution >= 0.6 is 0 Å². The second-order valence-corrected chi connectivity index (χ2v) is 4.83. The van der Waals surface area contributed by atoms with E-state index in [2.05, 4.69) is 20.5 Å². The largest absolute Gasteiger partial charge is 0.334 e. The minimum atomic E-state index is 0.423. The van der Waals surface area contributed by atoms with Gasteiger partial charge in [0, 0.05) is 18.2 Å². The molecule has 2 N–H and O–H groups in total. The van der Waals surface area contributed by atoms with Crippen molar-refractivity contribution in [2.45, 2.75) is 19.9 Å². The predicted octanol–water partition coefficient (Wildman–Crippen LogP) is 1.19. The summed E-state index contributed by atoms with van der Waals surface area (Å²) >= 11 is 0. The lowest BCUT2D eigenvalue weighted by Crippen LogP contribution is -2.03. The monoisotopic (exact) mass is 284 g/mol. The van der Waals surface area contributed by atoms with E-state index in [1.807, 2.05) is 37.4 Å². The van der Waals surface area contributed by atoms with Crippen molar-refractivity contribution in [1.82, 2.24) is 25.1 Å². The van der Waals surface area contributed by atoms with Crippen LogP contribution in [0.1, 0.15) is 17.1 Å². The molecule has 0 saturated heterocycles. The Kier molecular flexibility index (Phi) is 3.74. The quantitative estimate of drug-likeness (QED) is 0.756. The smallest absolute Gasteiger partial charge is 0.257 e. The maximum Gasteiger partial charge on any atom is 0.257 e. The van der Waals surface area contributed by atoms with Crippen LogP contribution in [-0.2, 0) is 13.0 Å². The van der Waals surface area contributed by atoms with Crippen LogP contribution in [-0.4, -0.2) is 31.7 Å². The zero-order valence-corrected chi connectivity index (χ0v) is 11.7. The first-order valence-corrected chi connectivity index (χ1v) is 6.73. The summed E-state index contributed by atoms with van der Waals surface area (Å²) in [6.07, 6.45) is 2.55. The first-order valence-electron chi connectivity index (χ1n) is 6.73. The fourth-order valence-electron chi connectivity index (χ4n) is 2.04. The van der Waals surface area contributed by atoms with Gasteiger partial charge in [-0.25, -0.2) is 4.68 Å². The van der Waals surface area contributed by atoms with Crippen molar-refractivity contribution in [2.24, 2.45) is 5.73 Å². The molecule has 108 valence electrons. The van der Waals surface area contributed by atoms with Crippen molar-refractivity contribution in [3.8, 4) is 11.5 Å². The molecule has 0 atom stereocenters. The van der Waals surface area contributed by atoms with Crippen molar-refractivity contribution in [1.29, 1.82) is 0 Å². The lowest BCUT2D eigenvalue weighted by molar-refractivity contribution is 0.418. The molecule has 21 heavy (non-hydrogen) atoms. The number of hydrogen-bond donors (Lipinski definition) is 1. The zero-order chi connectivity index (χ0) is 14.7. The van der Waals surface area contributed by atoms with E-state index in [-0.39, 0.29) is 0 Å². The first kappa shape index (κ1) is 13.4. The Hall–Kier alpha value is -2.54. The predicted molar refractivity (Wildman–Crippen MR) is 76.4 cm³/mol. The lowest BCUT2D eigenvalue weighted by atomic mass is 10.1. The molecule has 3 aromatic rings. The van der Waals surface area contributed by atoms with Gasteiger partial charge < -0.3 is 10.3 Å². The number of aromatic nitrogens is 5. The van der Waals surface area contributed by atoms with Crippen LogP contribution < -0.4 is 5.73 Å². The highest BCUT2D eigenvalue weighted by molar-refractivity contribution is 5.53. The third kappa shape index (κ3) is 3.14. The van der Waals surface area contributed by atoms with Crippen molar-refractivity contribution in [2.75, 3.05) is 6.54 Å². The van der Waals surface area contributed by atoms with Crippen LogP contribution in [0.15, 0.2) is 35.0 Å². The molecule has 0 aliphatic rings. The van der Waals surface area contributed by atoms with E-state index < -0.39 is 0 Å². The highest BCUT2D eigenvalue weighted by atomic mass is 16.5. The molecule has 0 fully saturated rings. The molecule has 0 radical (unpaired) electrons. The van der Waals surface area contributed by atoms with Crippen LogP contribution in [0.5, 0.6) is 0 Å². The summed E-state index contributed by atoms with van der Waals surface area (Å²) in [6, 6.07) is 7.94. The Morgan fingerprint density at radius 2 is 2.24 bits per heavy atom. The normalized spacial score (nSPS) is 11.0. The van der Waals surface area contributed by atoms with Crippen molar-refractivity contribution in [3.63, 3.8) is 0 Å². The van der Waals surface area contributed by atoms with Gasteiger partial charge in [-0.3, -0.25) is 0 Å². The van der Waals surface area contributed by atoms with Gasteiger partial charge in [0.2, 0.25) is 0 Å². The second-order valence-electron chi connectivity index (χ2n) is 4.83. The fraction of sp³-hybridized carbons (Fsp3) is 0.286. The molecule has 1 aromatic carbocycles. The Morgan fingerprint density at radius 1 is 1.33 bits per heavy atom. The summed E-state index contributed by atoms with van der Waals surface area (Å²) in [5.74, 6) is 1.08. The van der Waals surface area contributed by atoms with Crippen LogP contribution in [0.3, 0.4) is 0 Å². The number of rotatable bonds is 5. The van der Waals surface area contributed by atoms with Gasteiger partial charge in [0.25, 0.3) is 5.89 Å². The zero-order valence-electron chi connectivity index (χ0n) is 11.7. The number of hydrogen-bond acceptors (Lipinski definition) is 6. The summed E-state index contributed by atoms with van der Waals surface area (Å²) in [4.78, 5) is 4.38. The number of aryl methyl sites for hydroxylation is 1. The van der Waals surface area contributed by atoms with E-state index in [9.17, 15) is 0 Å². The van der Waals surface area contributed by atoms with Crippen LogP contribution in [0.4, 0.5) is 0 Å². The van der Waals surface area contributed by atoms with E-state index in [4.69, 9.17) is 10.3 Å². The summed E-state index contributed by atoms with van der Waals surface area (Å²) < 4.78 is 6.97. The lowest BCUT2D eigenvalue weighted by Gasteiger charge is -1.95. The molecule has 2 aromatic heterocycles. The van der Waals surface area contributed by atoms with Gasteiger partial charge in [-0.2, -0.15) is 4.98 Å². The Bertz CT molecular complexity index is 732. The summed E-state index contributed by atoms with van der Waals surface area (Å²) in [7, 11) is 0. The molecular weight excluding hydrogens is 268 g/mol. The Labute approximate surface area is 121 Å². The molecule has 0 bridgehead atoms. The number of nitrogens with zero attached hydrogens (tertiary/aromatic N) is 5. The highest BCUT2D eigenvalue weighted by Gasteiger charge is 2.10. The van der Waals surface area contributed by atoms with E-state index in [1.54, 1.807) is 4.68 Å². The molecule has 0 aliphatic carbocycles. The second kappa shape index (κ2) is 5.84. The summed E-state index contributed by atoms with van der Waals surface area (Å²) in [6.45, 7) is 3.00. The van der Waals surface area contributed by atoms with E-state index in [0.717, 1.165) is 16.8 Å². The molecular formula is C14H16N6O. The topological polar surface area (TPSA) is 95.7 Å². The van der Waals surface area contributed by atoms with Gasteiger partial charge >= 0.3 is 0 Å². The van der Waals surface area contributed by atoms with E-state index in [1.165, 1.54) is 0 Å². The highest BCUT2D eigenvalue weighted by Crippen LogP contribution is 2.18. The van der Waals surface area contributed by atoms with E-state index in [0.29, 0.717) is 31.2 Å². The molecule has 3 rings (SSSR count). The van der Waals surface area contributed by atoms with Crippen molar-refractivity contribution >= 4 is 0 Å². The van der Waals surface area contributed by atoms with Crippen molar-refractivity contribution in [3.05, 3.63) is 47.5 Å². The maximum absolute atomic E-state index is 5.49. The average molecular weight is 284 g/mol. The van der Waals surface area contributed by atoms with Gasteiger partial charge in [-0.15, -0.1) is 5.10 Å². The van der Waals surface area contributed by atoms with Gasteiger partial charge in [0.1, 0.15) is 6.54 Å². The Morgan fingerprint density at radius 3 is 3.05 bits per heavy atom. The van der Waals surface area contributed by atoms with Gasteiger partial charge in [-0.05, 0) is 25.6 Å². The number of benzene rings is 1. The van der Waals surface area contributed by atoms with Gasteiger partial charge in [0.15, 0.2) is 5.82 Å². The van der Waals surface area contributed by atoms with Gasteiger partial charge in [0.05, 0.1) is 5.69 Å². The molecule has 2 heterocycles. The fourth-order valence-corrected chi connectivity index (χ4v) is 2.04. The molecule has 0 unspecified atom stereocenters. The van der Waals surface area contributed by atoms with Crippen LogP contribution in [0.2, 0.25) is 0 Å². The molecule has 0 saturated carbocycles. The molecule has 7 heteroatoms. The third-order valence-electron chi connectivity index (χ3n) is 3.02. The molecule has 7 nitrogen and oxygen atoms in total. The standard InChI is InChI=1S/C14H16N6O/c1-10-3-2-4-11(7-10)14-16-13(18-21-14)9-20-8-12(5-6-15)17-19-20/h2-4,7-8H,5-6,9,15H2,1H3. The SMILES string of the molecule is Cc1cccc(-c2nc(Cn3cc(CCN)nn3)no2)c1. The first-order chi connectivity index (χ1) is 10.2. The minimum absolute atomic E-state index is 0.423. The van der Waals surface area contributed by atoms with Crippen molar-refractivity contribution < 1.29 is 4.52 Å². The summed E-state index contributed by atoms with van der Waals surface area (Å²) in [5.41, 5.74) is 8.41. The van der Waals surface area contributed by atoms with Crippen LogP contribution in [0.25, 0.3) is 11.5 Å². The average Bonchev–Trinajstić information content (AvgIpc) is 3.10. The van der Waals surface area contributed by atoms with Gasteiger partial charge in [-0.1, -0.05) is 28.1 Å². The maximum atomic E-state index is 5.49. The van der Waals surface area contributed by atoms with E-state index >= 15 is 0 Å². The molecule has 0 amide bonds. The Balaban J connectivity index is 1.75. The summed E-state index contributed by atoms with van der Waals surface area (Å²) in [5, 5.41) is 12.0.